The first-order chi connectivity index (χ1) is 21.0. The Kier molecular flexibility index (Phi) is 11.8. The van der Waals surface area contributed by atoms with Gasteiger partial charge in [0.15, 0.2) is 6.10 Å². The number of carboxylic acids is 3. The number of hydrogen-bond acceptors (Lipinski definition) is 9. The Hall–Kier alpha value is -3.06. The van der Waals surface area contributed by atoms with E-state index in [1.54, 1.807) is 0 Å². The van der Waals surface area contributed by atoms with Crippen molar-refractivity contribution >= 4 is 23.9 Å². The fraction of sp³-hybridized carbons (Fsp3) is 0.697. The summed E-state index contributed by atoms with van der Waals surface area (Å²) >= 11 is 0. The van der Waals surface area contributed by atoms with Crippen molar-refractivity contribution in [3.63, 3.8) is 0 Å². The van der Waals surface area contributed by atoms with Crippen LogP contribution in [-0.2, 0) is 39.8 Å². The number of ether oxygens (including phenoxy) is 3. The minimum absolute atomic E-state index is 0.0473. The standard InChI is InChI=1S/C33H48O12/c1-6-19(2)16-20(3)12-13-24(34)43-26-25(35)31(15-14-21(4)17-22(5)18-23-10-8-7-9-11-23)44-27(28(36)37)32(42,29(38)39)33(26,45-31)30(40)41/h7-11,19-22,25-27,35,42H,6,12-18H2,1-5H3,(H,36,37)(H,38,39)(H,40,41)/t19-,20+,21-,22-,25+,26+,27+,31-,32+,33-/m0/s1. The molecule has 1 aromatic carbocycles. The van der Waals surface area contributed by atoms with E-state index in [9.17, 15) is 44.7 Å². The molecular formula is C33H48O12. The van der Waals surface area contributed by atoms with E-state index in [-0.39, 0.29) is 37.0 Å². The molecule has 5 N–H and O–H groups in total. The highest BCUT2D eigenvalue weighted by atomic mass is 16.8. The quantitative estimate of drug-likeness (QED) is 0.156. The molecule has 10 atom stereocenters. The molecule has 0 amide bonds. The van der Waals surface area contributed by atoms with Crippen LogP contribution in [0, 0.1) is 23.7 Å². The molecule has 2 bridgehead atoms. The molecule has 3 rings (SSSR count). The average Bonchev–Trinajstić information content (AvgIpc) is 3.19. The van der Waals surface area contributed by atoms with Crippen molar-refractivity contribution < 1.29 is 58.9 Å². The molecule has 2 aliphatic heterocycles. The smallest absolute Gasteiger partial charge is 0.344 e. The molecule has 0 aliphatic carbocycles. The Morgan fingerprint density at radius 3 is 2.04 bits per heavy atom. The number of aliphatic carboxylic acids is 3. The van der Waals surface area contributed by atoms with Crippen molar-refractivity contribution in [2.75, 3.05) is 0 Å². The topological polar surface area (TPSA) is 197 Å². The summed E-state index contributed by atoms with van der Waals surface area (Å²) in [6, 6.07) is 9.87. The zero-order valence-corrected chi connectivity index (χ0v) is 26.7. The van der Waals surface area contributed by atoms with Crippen LogP contribution in [0.2, 0.25) is 0 Å². The van der Waals surface area contributed by atoms with Gasteiger partial charge in [-0.2, -0.15) is 0 Å². The second-order valence-corrected chi connectivity index (χ2v) is 13.3. The number of hydrogen-bond donors (Lipinski definition) is 5. The third-order valence-electron chi connectivity index (χ3n) is 9.42. The third kappa shape index (κ3) is 7.34. The minimum atomic E-state index is -3.77. The molecule has 2 fully saturated rings. The number of carbonyl (C=O) groups is 4. The van der Waals surface area contributed by atoms with E-state index < -0.39 is 59.2 Å². The number of fused-ring (bicyclic) bond motifs is 2. The van der Waals surface area contributed by atoms with E-state index in [0.717, 1.165) is 24.8 Å². The first kappa shape index (κ1) is 36.4. The number of carboxylic acid groups (broad SMARTS) is 3. The van der Waals surface area contributed by atoms with Gasteiger partial charge in [-0.1, -0.05) is 71.4 Å². The molecule has 0 spiro atoms. The molecule has 12 heteroatoms. The fourth-order valence-corrected chi connectivity index (χ4v) is 6.83. The van der Waals surface area contributed by atoms with Crippen molar-refractivity contribution in [3.8, 4) is 0 Å². The predicted octanol–water partition coefficient (Wildman–Crippen LogP) is 3.65. The fourth-order valence-electron chi connectivity index (χ4n) is 6.83. The van der Waals surface area contributed by atoms with E-state index >= 15 is 0 Å². The lowest BCUT2D eigenvalue weighted by atomic mass is 9.74. The molecule has 0 saturated carbocycles. The maximum absolute atomic E-state index is 13.0. The number of aliphatic hydroxyl groups is 2. The van der Waals surface area contributed by atoms with Crippen molar-refractivity contribution in [3.05, 3.63) is 35.9 Å². The van der Waals surface area contributed by atoms with Gasteiger partial charge in [-0.15, -0.1) is 0 Å². The Balaban J connectivity index is 1.89. The van der Waals surface area contributed by atoms with Crippen LogP contribution in [-0.4, -0.2) is 84.7 Å². The Morgan fingerprint density at radius 2 is 1.49 bits per heavy atom. The largest absolute Gasteiger partial charge is 0.479 e. The highest BCUT2D eigenvalue weighted by molar-refractivity contribution is 5.98. The normalized spacial score (nSPS) is 31.8. The van der Waals surface area contributed by atoms with Crippen LogP contribution in [0.4, 0.5) is 0 Å². The Labute approximate surface area is 263 Å². The van der Waals surface area contributed by atoms with Crippen LogP contribution >= 0.6 is 0 Å². The number of aliphatic hydroxyl groups excluding tert-OH is 1. The Bertz CT molecular complexity index is 1210. The summed E-state index contributed by atoms with van der Waals surface area (Å²) in [7, 11) is 0. The van der Waals surface area contributed by atoms with Gasteiger partial charge in [0.1, 0.15) is 6.10 Å². The molecule has 0 radical (unpaired) electrons. The van der Waals surface area contributed by atoms with Gasteiger partial charge >= 0.3 is 23.9 Å². The van der Waals surface area contributed by atoms with Crippen LogP contribution in [0.5, 0.6) is 0 Å². The molecule has 12 nitrogen and oxygen atoms in total. The number of esters is 1. The zero-order chi connectivity index (χ0) is 33.7. The molecule has 252 valence electrons. The summed E-state index contributed by atoms with van der Waals surface area (Å²) in [5, 5.41) is 53.3. The molecule has 2 heterocycles. The van der Waals surface area contributed by atoms with Gasteiger partial charge in [0, 0.05) is 12.8 Å². The van der Waals surface area contributed by atoms with E-state index in [4.69, 9.17) is 14.2 Å². The maximum atomic E-state index is 13.0. The number of carbonyl (C=O) groups excluding carboxylic acids is 1. The lowest BCUT2D eigenvalue weighted by molar-refractivity contribution is -0.374. The van der Waals surface area contributed by atoms with Crippen molar-refractivity contribution in [2.45, 2.75) is 121 Å². The second-order valence-electron chi connectivity index (χ2n) is 13.3. The minimum Gasteiger partial charge on any atom is -0.479 e. The average molecular weight is 637 g/mol. The van der Waals surface area contributed by atoms with Crippen molar-refractivity contribution in [1.82, 2.24) is 0 Å². The van der Waals surface area contributed by atoms with Gasteiger partial charge < -0.3 is 39.7 Å². The van der Waals surface area contributed by atoms with E-state index in [1.807, 2.05) is 44.2 Å². The summed E-state index contributed by atoms with van der Waals surface area (Å²) in [6.45, 7) is 10.1. The zero-order valence-electron chi connectivity index (χ0n) is 26.7. The van der Waals surface area contributed by atoms with Gasteiger partial charge in [-0.25, -0.2) is 14.4 Å². The monoisotopic (exact) mass is 636 g/mol. The molecule has 0 unspecified atom stereocenters. The summed E-state index contributed by atoms with van der Waals surface area (Å²) in [4.78, 5) is 50.7. The highest BCUT2D eigenvalue weighted by Crippen LogP contribution is 2.56. The summed E-state index contributed by atoms with van der Waals surface area (Å²) in [5.74, 6) is -9.02. The molecule has 1 aromatic rings. The number of benzene rings is 1. The van der Waals surface area contributed by atoms with Gasteiger partial charge in [0.2, 0.25) is 23.1 Å². The first-order valence-corrected chi connectivity index (χ1v) is 15.7. The van der Waals surface area contributed by atoms with Crippen LogP contribution in [0.15, 0.2) is 30.3 Å². The van der Waals surface area contributed by atoms with Crippen molar-refractivity contribution in [2.24, 2.45) is 23.7 Å². The van der Waals surface area contributed by atoms with Gasteiger partial charge in [-0.3, -0.25) is 4.79 Å². The van der Waals surface area contributed by atoms with E-state index in [0.29, 0.717) is 18.8 Å². The molecule has 0 aromatic heterocycles. The summed E-state index contributed by atoms with van der Waals surface area (Å²) in [5.41, 5.74) is -6.00. The second kappa shape index (κ2) is 14.6. The van der Waals surface area contributed by atoms with Crippen LogP contribution in [0.25, 0.3) is 0 Å². The summed E-state index contributed by atoms with van der Waals surface area (Å²) in [6.07, 6.45) is -3.62. The van der Waals surface area contributed by atoms with Gasteiger partial charge in [-0.05, 0) is 61.3 Å². The first-order valence-electron chi connectivity index (χ1n) is 15.7. The lowest BCUT2D eigenvalue weighted by Crippen LogP contribution is -2.78. The predicted molar refractivity (Wildman–Crippen MR) is 160 cm³/mol. The van der Waals surface area contributed by atoms with Crippen LogP contribution in [0.3, 0.4) is 0 Å². The summed E-state index contributed by atoms with van der Waals surface area (Å²) < 4.78 is 16.7. The van der Waals surface area contributed by atoms with Gasteiger partial charge in [0.05, 0.1) is 0 Å². The lowest BCUT2D eigenvalue weighted by Gasteiger charge is -2.48. The van der Waals surface area contributed by atoms with E-state index in [1.165, 1.54) is 0 Å². The van der Waals surface area contributed by atoms with E-state index in [2.05, 4.69) is 20.8 Å². The maximum Gasteiger partial charge on any atom is 0.344 e. The molecule has 2 aliphatic rings. The van der Waals surface area contributed by atoms with Gasteiger partial charge in [0.25, 0.3) is 0 Å². The molecule has 2 saturated heterocycles. The molecule has 45 heavy (non-hydrogen) atoms. The molecular weight excluding hydrogens is 588 g/mol. The van der Waals surface area contributed by atoms with Crippen LogP contribution < -0.4 is 0 Å². The Morgan fingerprint density at radius 1 is 0.889 bits per heavy atom. The van der Waals surface area contributed by atoms with Crippen molar-refractivity contribution in [1.29, 1.82) is 0 Å². The third-order valence-corrected chi connectivity index (χ3v) is 9.42. The number of rotatable bonds is 17. The highest BCUT2D eigenvalue weighted by Gasteiger charge is 2.85. The SMILES string of the molecule is CC[C@H](C)C[C@H](C)CCC(=O)O[C@@H]1[C@@H](O)[C@@]2(CC[C@H](C)C[C@H](C)Cc3ccccc3)O[C@H](C(=O)O)[C@@](O)(C(=O)O)[C@]1(C(=O)O)O2. The van der Waals surface area contributed by atoms with Crippen LogP contribution in [0.1, 0.15) is 85.1 Å².